The van der Waals surface area contributed by atoms with Gasteiger partial charge in [0.1, 0.15) is 4.90 Å². The van der Waals surface area contributed by atoms with Gasteiger partial charge in [-0.25, -0.2) is 25.9 Å². The highest BCUT2D eigenvalue weighted by atomic mass is 35.5. The molecule has 2 aromatic rings. The number of sulfonamides is 2. The van der Waals surface area contributed by atoms with Crippen LogP contribution in [0.4, 0.5) is 0 Å². The minimum absolute atomic E-state index is 0.0126. The van der Waals surface area contributed by atoms with Gasteiger partial charge in [-0.2, -0.15) is 0 Å². The number of nitrogens with one attached hydrogen (secondary N) is 2. The van der Waals surface area contributed by atoms with Gasteiger partial charge in [0.15, 0.2) is 0 Å². The second-order valence-electron chi connectivity index (χ2n) is 7.37. The van der Waals surface area contributed by atoms with Crippen LogP contribution in [-0.4, -0.2) is 52.4 Å². The molecule has 1 fully saturated rings. The van der Waals surface area contributed by atoms with Gasteiger partial charge in [0.05, 0.1) is 11.3 Å². The topological polar surface area (TPSA) is 113 Å². The molecule has 11 heteroatoms. The third-order valence-corrected chi connectivity index (χ3v) is 8.24. The van der Waals surface area contributed by atoms with Gasteiger partial charge < -0.3 is 5.32 Å². The van der Waals surface area contributed by atoms with E-state index in [9.17, 15) is 21.6 Å². The first-order chi connectivity index (χ1) is 14.6. The van der Waals surface area contributed by atoms with Gasteiger partial charge >= 0.3 is 0 Å². The summed E-state index contributed by atoms with van der Waals surface area (Å²) in [5.74, 6) is -0.436. The maximum absolute atomic E-state index is 12.7. The SMILES string of the molecule is CS(=O)(=O)N1CCC(NC(=O)c2ccc(Cl)c(S(=O)(=O)NCc3ccccc3)c2)CC1. The van der Waals surface area contributed by atoms with Crippen LogP contribution in [0.5, 0.6) is 0 Å². The summed E-state index contributed by atoms with van der Waals surface area (Å²) in [6.45, 7) is 0.746. The fourth-order valence-electron chi connectivity index (χ4n) is 3.30. The molecule has 0 bridgehead atoms. The van der Waals surface area contributed by atoms with Gasteiger partial charge in [0.2, 0.25) is 20.0 Å². The third-order valence-electron chi connectivity index (χ3n) is 5.05. The lowest BCUT2D eigenvalue weighted by Gasteiger charge is -2.30. The first kappa shape index (κ1) is 23.7. The first-order valence-corrected chi connectivity index (χ1v) is 13.4. The zero-order valence-corrected chi connectivity index (χ0v) is 19.3. The molecule has 1 aliphatic heterocycles. The molecular formula is C20H24ClN3O5S2. The number of hydrogen-bond donors (Lipinski definition) is 2. The molecule has 0 spiro atoms. The predicted octanol–water partition coefficient (Wildman–Crippen LogP) is 1.97. The summed E-state index contributed by atoms with van der Waals surface area (Å²) in [7, 11) is -7.19. The number of halogens is 1. The van der Waals surface area contributed by atoms with Crippen molar-refractivity contribution in [2.45, 2.75) is 30.3 Å². The number of benzene rings is 2. The number of piperidine rings is 1. The molecule has 168 valence electrons. The lowest BCUT2D eigenvalue weighted by atomic mass is 10.1. The molecule has 1 aliphatic rings. The number of amides is 1. The smallest absolute Gasteiger partial charge is 0.251 e. The van der Waals surface area contributed by atoms with Crippen molar-refractivity contribution in [3.05, 3.63) is 64.7 Å². The molecule has 0 radical (unpaired) electrons. The van der Waals surface area contributed by atoms with Gasteiger partial charge in [0.25, 0.3) is 5.91 Å². The van der Waals surface area contributed by atoms with Crippen LogP contribution in [0.25, 0.3) is 0 Å². The number of carbonyl (C=O) groups excluding carboxylic acids is 1. The van der Waals surface area contributed by atoms with Crippen molar-refractivity contribution < 1.29 is 21.6 Å². The molecule has 2 N–H and O–H groups in total. The lowest BCUT2D eigenvalue weighted by molar-refractivity contribution is 0.0923. The highest BCUT2D eigenvalue weighted by Gasteiger charge is 2.26. The highest BCUT2D eigenvalue weighted by Crippen LogP contribution is 2.23. The van der Waals surface area contributed by atoms with Gasteiger partial charge in [-0.05, 0) is 36.6 Å². The van der Waals surface area contributed by atoms with E-state index in [4.69, 9.17) is 11.6 Å². The number of nitrogens with zero attached hydrogens (tertiary/aromatic N) is 1. The molecule has 8 nitrogen and oxygen atoms in total. The molecule has 0 atom stereocenters. The molecule has 1 heterocycles. The highest BCUT2D eigenvalue weighted by molar-refractivity contribution is 7.89. The molecule has 0 saturated carbocycles. The van der Waals surface area contributed by atoms with Crippen LogP contribution < -0.4 is 10.0 Å². The van der Waals surface area contributed by atoms with E-state index in [-0.39, 0.29) is 28.1 Å². The maximum atomic E-state index is 12.7. The summed E-state index contributed by atoms with van der Waals surface area (Å²) < 4.78 is 52.5. The summed E-state index contributed by atoms with van der Waals surface area (Å²) in [6.07, 6.45) is 2.12. The Hall–Kier alpha value is -1.98. The van der Waals surface area contributed by atoms with Crippen LogP contribution in [0.1, 0.15) is 28.8 Å². The van der Waals surface area contributed by atoms with E-state index in [0.717, 1.165) is 11.8 Å². The summed E-state index contributed by atoms with van der Waals surface area (Å²) in [4.78, 5) is 12.5. The van der Waals surface area contributed by atoms with Gasteiger partial charge in [-0.3, -0.25) is 4.79 Å². The van der Waals surface area contributed by atoms with Crippen molar-refractivity contribution in [2.75, 3.05) is 19.3 Å². The minimum atomic E-state index is -3.94. The molecule has 0 unspecified atom stereocenters. The number of rotatable bonds is 7. The summed E-state index contributed by atoms with van der Waals surface area (Å²) >= 11 is 6.10. The Morgan fingerprint density at radius 2 is 1.71 bits per heavy atom. The van der Waals surface area contributed by atoms with Crippen molar-refractivity contribution in [2.24, 2.45) is 0 Å². The largest absolute Gasteiger partial charge is 0.349 e. The van der Waals surface area contributed by atoms with E-state index in [1.165, 1.54) is 22.5 Å². The number of carbonyl (C=O) groups is 1. The monoisotopic (exact) mass is 485 g/mol. The van der Waals surface area contributed by atoms with Gasteiger partial charge in [0, 0.05) is 31.2 Å². The van der Waals surface area contributed by atoms with Gasteiger partial charge in [-0.15, -0.1) is 0 Å². The Morgan fingerprint density at radius 3 is 2.32 bits per heavy atom. The van der Waals surface area contributed by atoms with Crippen molar-refractivity contribution >= 4 is 37.6 Å². The zero-order chi connectivity index (χ0) is 22.6. The first-order valence-electron chi connectivity index (χ1n) is 9.65. The van der Waals surface area contributed by atoms with Crippen LogP contribution in [0.2, 0.25) is 5.02 Å². The van der Waals surface area contributed by atoms with E-state index in [2.05, 4.69) is 10.0 Å². The van der Waals surface area contributed by atoms with Gasteiger partial charge in [-0.1, -0.05) is 41.9 Å². The molecule has 0 aliphatic carbocycles. The Kier molecular flexibility index (Phi) is 7.38. The fourth-order valence-corrected chi connectivity index (χ4v) is 5.72. The van der Waals surface area contributed by atoms with Crippen LogP contribution in [0.15, 0.2) is 53.4 Å². The zero-order valence-electron chi connectivity index (χ0n) is 16.9. The fraction of sp³-hybridized carbons (Fsp3) is 0.350. The standard InChI is InChI=1S/C20H24ClN3O5S2/c1-30(26,27)24-11-9-17(10-12-24)23-20(25)16-7-8-18(21)19(13-16)31(28,29)22-14-15-5-3-2-4-6-15/h2-8,13,17,22H,9-12,14H2,1H3,(H,23,25). The second kappa shape index (κ2) is 9.66. The Morgan fingerprint density at radius 1 is 1.06 bits per heavy atom. The molecular weight excluding hydrogens is 462 g/mol. The quantitative estimate of drug-likeness (QED) is 0.622. The second-order valence-corrected chi connectivity index (χ2v) is 11.5. The Balaban J connectivity index is 1.68. The van der Waals surface area contributed by atoms with Crippen LogP contribution >= 0.6 is 11.6 Å². The predicted molar refractivity (Wildman–Crippen MR) is 119 cm³/mol. The van der Waals surface area contributed by atoms with Crippen molar-refractivity contribution in [1.29, 1.82) is 0 Å². The van der Waals surface area contributed by atoms with E-state index >= 15 is 0 Å². The average Bonchev–Trinajstić information content (AvgIpc) is 2.73. The van der Waals surface area contributed by atoms with Crippen molar-refractivity contribution in [3.63, 3.8) is 0 Å². The molecule has 31 heavy (non-hydrogen) atoms. The molecule has 0 aromatic heterocycles. The van der Waals surface area contributed by atoms with Crippen LogP contribution in [0, 0.1) is 0 Å². The lowest BCUT2D eigenvalue weighted by Crippen LogP contribution is -2.46. The van der Waals surface area contributed by atoms with E-state index in [1.54, 1.807) is 12.1 Å². The third kappa shape index (κ3) is 6.27. The molecule has 2 aromatic carbocycles. The average molecular weight is 486 g/mol. The van der Waals surface area contributed by atoms with Crippen molar-refractivity contribution in [1.82, 2.24) is 14.3 Å². The van der Waals surface area contributed by atoms with E-state index in [0.29, 0.717) is 25.9 Å². The normalized spacial score (nSPS) is 16.2. The Bertz CT molecular complexity index is 1150. The van der Waals surface area contributed by atoms with E-state index < -0.39 is 26.0 Å². The molecule has 1 saturated heterocycles. The minimum Gasteiger partial charge on any atom is -0.349 e. The number of hydrogen-bond acceptors (Lipinski definition) is 5. The molecule has 1 amide bonds. The van der Waals surface area contributed by atoms with Crippen molar-refractivity contribution in [3.8, 4) is 0 Å². The molecule has 3 rings (SSSR count). The van der Waals surface area contributed by atoms with Crippen LogP contribution in [-0.2, 0) is 26.6 Å². The Labute approximate surface area is 187 Å². The van der Waals surface area contributed by atoms with E-state index in [1.807, 2.05) is 18.2 Å². The summed E-state index contributed by atoms with van der Waals surface area (Å²) in [5, 5.41) is 2.86. The summed E-state index contributed by atoms with van der Waals surface area (Å²) in [6, 6.07) is 12.9. The maximum Gasteiger partial charge on any atom is 0.251 e. The summed E-state index contributed by atoms with van der Waals surface area (Å²) in [5.41, 5.74) is 0.951. The van der Waals surface area contributed by atoms with Crippen LogP contribution in [0.3, 0.4) is 0 Å².